The highest BCUT2D eigenvalue weighted by molar-refractivity contribution is 5.30. The van der Waals surface area contributed by atoms with Gasteiger partial charge in [-0.3, -0.25) is 0 Å². The summed E-state index contributed by atoms with van der Waals surface area (Å²) in [5.74, 6) is 0. The van der Waals surface area contributed by atoms with Gasteiger partial charge in [0.2, 0.25) is 0 Å². The van der Waals surface area contributed by atoms with Crippen LogP contribution in [0, 0.1) is 0 Å². The fourth-order valence-corrected chi connectivity index (χ4v) is 0.919. The third-order valence-corrected chi connectivity index (χ3v) is 1.75. The van der Waals surface area contributed by atoms with E-state index in [1.54, 1.807) is 0 Å². The highest BCUT2D eigenvalue weighted by Crippen LogP contribution is 2.10. The van der Waals surface area contributed by atoms with E-state index in [0.29, 0.717) is 0 Å². The van der Waals surface area contributed by atoms with E-state index in [2.05, 4.69) is 39.5 Å². The molecule has 0 spiro atoms. The lowest BCUT2D eigenvalue weighted by Crippen LogP contribution is -1.79. The lowest BCUT2D eigenvalue weighted by atomic mass is 10.1. The Kier molecular flexibility index (Phi) is 5.54. The van der Waals surface area contributed by atoms with Crippen LogP contribution in [-0.2, 0) is 0 Å². The van der Waals surface area contributed by atoms with E-state index in [0.717, 1.165) is 12.8 Å². The summed E-state index contributed by atoms with van der Waals surface area (Å²) in [6.07, 6.45) is 8.49. The maximum atomic E-state index is 3.75. The quantitative estimate of drug-likeness (QED) is 0.534. The molecule has 0 aromatic rings. The summed E-state index contributed by atoms with van der Waals surface area (Å²) in [5.41, 5.74) is 2.68. The van der Waals surface area contributed by atoms with Crippen LogP contribution < -0.4 is 0 Å². The van der Waals surface area contributed by atoms with Crippen molar-refractivity contribution >= 4 is 0 Å². The lowest BCUT2D eigenvalue weighted by Gasteiger charge is -1.99. The van der Waals surface area contributed by atoms with Crippen molar-refractivity contribution in [1.29, 1.82) is 0 Å². The van der Waals surface area contributed by atoms with Crippen LogP contribution in [0.3, 0.4) is 0 Å². The molecule has 0 aliphatic carbocycles. The largest absolute Gasteiger partial charge is 0.0988 e. The van der Waals surface area contributed by atoms with Crippen LogP contribution in [0.5, 0.6) is 0 Å². The zero-order valence-corrected chi connectivity index (χ0v) is 7.85. The first-order chi connectivity index (χ1) is 5.26. The van der Waals surface area contributed by atoms with Crippen LogP contribution in [0.15, 0.2) is 36.0 Å². The first-order valence-corrected chi connectivity index (χ1v) is 4.24. The van der Waals surface area contributed by atoms with Crippen molar-refractivity contribution in [3.63, 3.8) is 0 Å². The van der Waals surface area contributed by atoms with Gasteiger partial charge in [0.25, 0.3) is 0 Å². The van der Waals surface area contributed by atoms with Gasteiger partial charge in [0.05, 0.1) is 0 Å². The molecule has 0 radical (unpaired) electrons. The molecule has 0 fully saturated rings. The Bertz CT molecular complexity index is 170. The Morgan fingerprint density at radius 2 is 2.00 bits per heavy atom. The van der Waals surface area contributed by atoms with Crippen molar-refractivity contribution in [2.75, 3.05) is 0 Å². The van der Waals surface area contributed by atoms with Crippen molar-refractivity contribution in [3.8, 4) is 0 Å². The molecule has 0 rings (SSSR count). The van der Waals surface area contributed by atoms with E-state index in [1.807, 2.05) is 6.08 Å². The molecule has 0 aromatic heterocycles. The third kappa shape index (κ3) is 3.82. The summed E-state index contributed by atoms with van der Waals surface area (Å²) in [5, 5.41) is 0. The fourth-order valence-electron chi connectivity index (χ4n) is 0.919. The molecule has 62 valence electrons. The predicted molar refractivity (Wildman–Crippen MR) is 52.6 cm³/mol. The standard InChI is InChI=1S/C11H18/c1-5-8-9-11(7-3)10(4)6-2/h6,8-9H,2,5,7H2,1,3-4H3/b9-8-,11-10-. The van der Waals surface area contributed by atoms with Crippen LogP contribution in [0.25, 0.3) is 0 Å². The normalized spacial score (nSPS) is 13.4. The maximum Gasteiger partial charge on any atom is -0.0305 e. The predicted octanol–water partition coefficient (Wildman–Crippen LogP) is 3.87. The van der Waals surface area contributed by atoms with Crippen molar-refractivity contribution in [1.82, 2.24) is 0 Å². The van der Waals surface area contributed by atoms with Gasteiger partial charge in [-0.25, -0.2) is 0 Å². The van der Waals surface area contributed by atoms with E-state index < -0.39 is 0 Å². The van der Waals surface area contributed by atoms with E-state index in [4.69, 9.17) is 0 Å². The minimum absolute atomic E-state index is 1.09. The summed E-state index contributed by atoms with van der Waals surface area (Å²) in [4.78, 5) is 0. The van der Waals surface area contributed by atoms with Gasteiger partial charge in [0, 0.05) is 0 Å². The molecular weight excluding hydrogens is 132 g/mol. The van der Waals surface area contributed by atoms with Gasteiger partial charge in [-0.1, -0.05) is 38.7 Å². The van der Waals surface area contributed by atoms with Crippen LogP contribution >= 0.6 is 0 Å². The molecule has 0 heteroatoms. The van der Waals surface area contributed by atoms with Crippen molar-refractivity contribution in [2.45, 2.75) is 33.6 Å². The molecule has 0 saturated heterocycles. The summed E-state index contributed by atoms with van der Waals surface area (Å²) in [6.45, 7) is 10.2. The van der Waals surface area contributed by atoms with Crippen LogP contribution in [-0.4, -0.2) is 0 Å². The number of hydrogen-bond donors (Lipinski definition) is 0. The topological polar surface area (TPSA) is 0 Å². The smallest absolute Gasteiger partial charge is 0.0305 e. The Hall–Kier alpha value is -0.780. The molecule has 0 nitrogen and oxygen atoms in total. The Morgan fingerprint density at radius 1 is 1.36 bits per heavy atom. The molecule has 0 N–H and O–H groups in total. The van der Waals surface area contributed by atoms with Crippen LogP contribution in [0.1, 0.15) is 33.6 Å². The molecule has 0 atom stereocenters. The summed E-state index contributed by atoms with van der Waals surface area (Å²) < 4.78 is 0. The second-order valence-corrected chi connectivity index (χ2v) is 2.58. The molecule has 0 amide bonds. The van der Waals surface area contributed by atoms with Crippen molar-refractivity contribution in [2.24, 2.45) is 0 Å². The van der Waals surface area contributed by atoms with E-state index >= 15 is 0 Å². The van der Waals surface area contributed by atoms with E-state index in [-0.39, 0.29) is 0 Å². The second kappa shape index (κ2) is 5.96. The van der Waals surface area contributed by atoms with Crippen molar-refractivity contribution < 1.29 is 0 Å². The molecule has 0 bridgehead atoms. The number of allylic oxidation sites excluding steroid dienone is 5. The first-order valence-electron chi connectivity index (χ1n) is 4.24. The second-order valence-electron chi connectivity index (χ2n) is 2.58. The van der Waals surface area contributed by atoms with E-state index in [9.17, 15) is 0 Å². The average Bonchev–Trinajstić information content (AvgIpc) is 2.05. The zero-order valence-electron chi connectivity index (χ0n) is 7.85. The van der Waals surface area contributed by atoms with Gasteiger partial charge in [-0.15, -0.1) is 0 Å². The van der Waals surface area contributed by atoms with Gasteiger partial charge in [0.15, 0.2) is 0 Å². The third-order valence-electron chi connectivity index (χ3n) is 1.75. The lowest BCUT2D eigenvalue weighted by molar-refractivity contribution is 1.11. The van der Waals surface area contributed by atoms with Crippen LogP contribution in [0.4, 0.5) is 0 Å². The minimum atomic E-state index is 1.09. The van der Waals surface area contributed by atoms with Crippen LogP contribution in [0.2, 0.25) is 0 Å². The van der Waals surface area contributed by atoms with Gasteiger partial charge in [-0.2, -0.15) is 0 Å². The minimum Gasteiger partial charge on any atom is -0.0988 e. The molecule has 0 unspecified atom stereocenters. The molecule has 0 aromatic carbocycles. The van der Waals surface area contributed by atoms with Gasteiger partial charge in [0.1, 0.15) is 0 Å². The van der Waals surface area contributed by atoms with E-state index in [1.165, 1.54) is 11.1 Å². The fraction of sp³-hybridized carbons (Fsp3) is 0.455. The molecule has 0 aliphatic heterocycles. The van der Waals surface area contributed by atoms with Gasteiger partial charge >= 0.3 is 0 Å². The number of rotatable bonds is 4. The highest BCUT2D eigenvalue weighted by Gasteiger charge is 1.90. The molecule has 11 heavy (non-hydrogen) atoms. The summed E-state index contributed by atoms with van der Waals surface area (Å²) in [6, 6.07) is 0. The van der Waals surface area contributed by atoms with Gasteiger partial charge < -0.3 is 0 Å². The maximum absolute atomic E-state index is 3.75. The first kappa shape index (κ1) is 10.2. The Morgan fingerprint density at radius 3 is 2.36 bits per heavy atom. The van der Waals surface area contributed by atoms with Gasteiger partial charge in [-0.05, 0) is 30.9 Å². The average molecular weight is 150 g/mol. The van der Waals surface area contributed by atoms with Crippen molar-refractivity contribution in [3.05, 3.63) is 36.0 Å². The Labute approximate surface area is 70.3 Å². The zero-order chi connectivity index (χ0) is 8.69. The summed E-state index contributed by atoms with van der Waals surface area (Å²) >= 11 is 0. The molecule has 0 aliphatic rings. The molecule has 0 saturated carbocycles. The SMILES string of the molecule is C=C/C(C)=C(\C=C/CC)CC. The number of hydrogen-bond acceptors (Lipinski definition) is 0. The highest BCUT2D eigenvalue weighted by atomic mass is 14.0. The monoisotopic (exact) mass is 150 g/mol. The Balaban J connectivity index is 4.38. The molecular formula is C11H18. The summed E-state index contributed by atoms with van der Waals surface area (Å²) in [7, 11) is 0. The molecule has 0 heterocycles.